The number of rotatable bonds is 4. The predicted molar refractivity (Wildman–Crippen MR) is 94.2 cm³/mol. The van der Waals surface area contributed by atoms with Crippen LogP contribution < -0.4 is 0 Å². The minimum atomic E-state index is 0.0393. The summed E-state index contributed by atoms with van der Waals surface area (Å²) < 4.78 is 1.65. The molecule has 2 amide bonds. The van der Waals surface area contributed by atoms with Gasteiger partial charge in [-0.05, 0) is 18.8 Å². The zero-order chi connectivity index (χ0) is 18.1. The molecule has 2 fully saturated rings. The summed E-state index contributed by atoms with van der Waals surface area (Å²) >= 11 is 0. The molecule has 4 heterocycles. The molecule has 4 rings (SSSR count). The normalized spacial score (nSPS) is 23.2. The van der Waals surface area contributed by atoms with Gasteiger partial charge in [-0.25, -0.2) is 4.98 Å². The molecule has 2 aromatic heterocycles. The SMILES string of the molecule is Cn1cc(C(=O)N2CC[C@@H]3[C@@H](CCC(=O)N3CCc3cnc[nH]3)C2)cn1. The number of carbonyl (C=O) groups is 2. The van der Waals surface area contributed by atoms with Gasteiger partial charge in [0.2, 0.25) is 5.91 Å². The number of hydrogen-bond acceptors (Lipinski definition) is 4. The van der Waals surface area contributed by atoms with Crippen LogP contribution in [0.15, 0.2) is 24.9 Å². The van der Waals surface area contributed by atoms with Gasteiger partial charge in [0, 0.05) is 63.7 Å². The molecule has 0 bridgehead atoms. The Morgan fingerprint density at radius 1 is 1.35 bits per heavy atom. The number of fused-ring (bicyclic) bond motifs is 1. The maximum absolute atomic E-state index is 12.7. The van der Waals surface area contributed by atoms with E-state index in [1.54, 1.807) is 29.6 Å². The lowest BCUT2D eigenvalue weighted by Gasteiger charge is -2.47. The van der Waals surface area contributed by atoms with Crippen molar-refractivity contribution in [2.24, 2.45) is 13.0 Å². The van der Waals surface area contributed by atoms with Gasteiger partial charge in [0.05, 0.1) is 18.1 Å². The number of aromatic nitrogens is 4. The summed E-state index contributed by atoms with van der Waals surface area (Å²) in [6.07, 6.45) is 9.91. The second-order valence-electron chi connectivity index (χ2n) is 7.22. The molecule has 2 aliphatic rings. The summed E-state index contributed by atoms with van der Waals surface area (Å²) in [5.41, 5.74) is 1.68. The number of hydrogen-bond donors (Lipinski definition) is 1. The van der Waals surface area contributed by atoms with E-state index in [4.69, 9.17) is 0 Å². The minimum absolute atomic E-state index is 0.0393. The molecule has 0 aliphatic carbocycles. The van der Waals surface area contributed by atoms with Crippen LogP contribution in [0.25, 0.3) is 0 Å². The van der Waals surface area contributed by atoms with Crippen molar-refractivity contribution >= 4 is 11.8 Å². The number of imidazole rings is 1. The highest BCUT2D eigenvalue weighted by atomic mass is 16.2. The van der Waals surface area contributed by atoms with Crippen LogP contribution in [-0.4, -0.2) is 67.0 Å². The van der Waals surface area contributed by atoms with Crippen molar-refractivity contribution in [2.75, 3.05) is 19.6 Å². The van der Waals surface area contributed by atoms with E-state index in [0.717, 1.165) is 25.0 Å². The molecule has 0 spiro atoms. The minimum Gasteiger partial charge on any atom is -0.348 e. The highest BCUT2D eigenvalue weighted by Crippen LogP contribution is 2.32. The van der Waals surface area contributed by atoms with Crippen LogP contribution in [0, 0.1) is 5.92 Å². The average molecular weight is 356 g/mol. The van der Waals surface area contributed by atoms with Crippen molar-refractivity contribution < 1.29 is 9.59 Å². The Labute approximate surface area is 152 Å². The summed E-state index contributed by atoms with van der Waals surface area (Å²) in [4.78, 5) is 36.2. The van der Waals surface area contributed by atoms with Crippen LogP contribution in [-0.2, 0) is 18.3 Å². The third-order valence-electron chi connectivity index (χ3n) is 5.56. The number of carbonyl (C=O) groups excluding carboxylic acids is 2. The van der Waals surface area contributed by atoms with E-state index in [1.165, 1.54) is 0 Å². The molecule has 26 heavy (non-hydrogen) atoms. The van der Waals surface area contributed by atoms with E-state index >= 15 is 0 Å². The molecular formula is C18H24N6O2. The van der Waals surface area contributed by atoms with E-state index in [-0.39, 0.29) is 17.9 Å². The maximum Gasteiger partial charge on any atom is 0.257 e. The van der Waals surface area contributed by atoms with Crippen LogP contribution in [0.4, 0.5) is 0 Å². The van der Waals surface area contributed by atoms with E-state index in [9.17, 15) is 9.59 Å². The van der Waals surface area contributed by atoms with E-state index in [2.05, 4.69) is 15.1 Å². The molecule has 0 saturated carbocycles. The first kappa shape index (κ1) is 16.8. The lowest BCUT2D eigenvalue weighted by Crippen LogP contribution is -2.57. The number of aryl methyl sites for hydroxylation is 1. The quantitative estimate of drug-likeness (QED) is 0.879. The van der Waals surface area contributed by atoms with Crippen molar-refractivity contribution in [3.05, 3.63) is 36.2 Å². The van der Waals surface area contributed by atoms with Crippen LogP contribution in [0.1, 0.15) is 35.3 Å². The van der Waals surface area contributed by atoms with E-state index in [0.29, 0.717) is 37.5 Å². The van der Waals surface area contributed by atoms with Crippen LogP contribution >= 0.6 is 0 Å². The first-order chi connectivity index (χ1) is 12.6. The van der Waals surface area contributed by atoms with Crippen molar-refractivity contribution in [3.63, 3.8) is 0 Å². The molecular weight excluding hydrogens is 332 g/mol. The predicted octanol–water partition coefficient (Wildman–Crippen LogP) is 0.839. The fourth-order valence-corrected chi connectivity index (χ4v) is 4.20. The highest BCUT2D eigenvalue weighted by molar-refractivity contribution is 5.93. The molecule has 0 unspecified atom stereocenters. The smallest absolute Gasteiger partial charge is 0.257 e. The van der Waals surface area contributed by atoms with Crippen LogP contribution in [0.2, 0.25) is 0 Å². The van der Waals surface area contributed by atoms with Gasteiger partial charge in [-0.2, -0.15) is 5.10 Å². The lowest BCUT2D eigenvalue weighted by atomic mass is 9.83. The first-order valence-electron chi connectivity index (χ1n) is 9.16. The number of nitrogens with one attached hydrogen (secondary N) is 1. The fraction of sp³-hybridized carbons (Fsp3) is 0.556. The molecule has 1 N–H and O–H groups in total. The van der Waals surface area contributed by atoms with E-state index in [1.807, 2.05) is 16.8 Å². The van der Waals surface area contributed by atoms with Gasteiger partial charge < -0.3 is 14.8 Å². The van der Waals surface area contributed by atoms with E-state index < -0.39 is 0 Å². The van der Waals surface area contributed by atoms with Gasteiger partial charge in [-0.1, -0.05) is 0 Å². The van der Waals surface area contributed by atoms with Crippen molar-refractivity contribution in [1.82, 2.24) is 29.5 Å². The van der Waals surface area contributed by atoms with Gasteiger partial charge in [0.15, 0.2) is 0 Å². The Kier molecular flexibility index (Phi) is 4.48. The molecule has 2 aromatic rings. The third kappa shape index (κ3) is 3.23. The molecule has 2 aliphatic heterocycles. The molecule has 138 valence electrons. The Hall–Kier alpha value is -2.64. The average Bonchev–Trinajstić information content (AvgIpc) is 3.31. The van der Waals surface area contributed by atoms with Gasteiger partial charge >= 0.3 is 0 Å². The second kappa shape index (κ2) is 6.93. The number of nitrogens with zero attached hydrogens (tertiary/aromatic N) is 5. The Balaban J connectivity index is 1.41. The third-order valence-corrected chi connectivity index (χ3v) is 5.56. The van der Waals surface area contributed by atoms with Crippen molar-refractivity contribution in [3.8, 4) is 0 Å². The zero-order valence-electron chi connectivity index (χ0n) is 15.0. The second-order valence-corrected chi connectivity index (χ2v) is 7.22. The topological polar surface area (TPSA) is 87.1 Å². The van der Waals surface area contributed by atoms with Gasteiger partial charge in [-0.15, -0.1) is 0 Å². The summed E-state index contributed by atoms with van der Waals surface area (Å²) in [6.45, 7) is 2.10. The van der Waals surface area contributed by atoms with Crippen LogP contribution in [0.3, 0.4) is 0 Å². The molecule has 8 heteroatoms. The standard InChI is InChI=1S/C18H24N6O2/c1-22-10-14(8-21-22)18(26)23-6-5-16-13(11-23)2-3-17(25)24(16)7-4-15-9-19-12-20-15/h8-10,12-13,16H,2-7,11H2,1H3,(H,19,20)/t13-,16+/m0/s1. The summed E-state index contributed by atoms with van der Waals surface area (Å²) in [5, 5.41) is 4.09. The summed E-state index contributed by atoms with van der Waals surface area (Å²) in [7, 11) is 1.81. The molecule has 2 atom stereocenters. The number of piperidine rings is 2. The van der Waals surface area contributed by atoms with Gasteiger partial charge in [0.25, 0.3) is 5.91 Å². The van der Waals surface area contributed by atoms with Crippen molar-refractivity contribution in [1.29, 1.82) is 0 Å². The molecule has 2 saturated heterocycles. The van der Waals surface area contributed by atoms with Crippen LogP contribution in [0.5, 0.6) is 0 Å². The number of aromatic amines is 1. The summed E-state index contributed by atoms with van der Waals surface area (Å²) in [6, 6.07) is 0.233. The highest BCUT2D eigenvalue weighted by Gasteiger charge is 2.40. The zero-order valence-corrected chi connectivity index (χ0v) is 15.0. The summed E-state index contributed by atoms with van der Waals surface area (Å²) in [5.74, 6) is 0.624. The largest absolute Gasteiger partial charge is 0.348 e. The van der Waals surface area contributed by atoms with Gasteiger partial charge in [0.1, 0.15) is 0 Å². The number of likely N-dealkylation sites (tertiary alicyclic amines) is 2. The Morgan fingerprint density at radius 2 is 2.23 bits per heavy atom. The number of amides is 2. The molecule has 0 radical (unpaired) electrons. The lowest BCUT2D eigenvalue weighted by molar-refractivity contribution is -0.140. The number of H-pyrrole nitrogens is 1. The van der Waals surface area contributed by atoms with Gasteiger partial charge in [-0.3, -0.25) is 14.3 Å². The fourth-order valence-electron chi connectivity index (χ4n) is 4.20. The molecule has 0 aromatic carbocycles. The molecule has 8 nitrogen and oxygen atoms in total. The maximum atomic E-state index is 12.7. The first-order valence-corrected chi connectivity index (χ1v) is 9.16. The van der Waals surface area contributed by atoms with Crippen molar-refractivity contribution in [2.45, 2.75) is 31.7 Å². The Morgan fingerprint density at radius 3 is 2.96 bits per heavy atom. The monoisotopic (exact) mass is 356 g/mol. The Bertz CT molecular complexity index is 783.